The highest BCUT2D eigenvalue weighted by Gasteiger charge is 2.07. The Morgan fingerprint density at radius 1 is 1.10 bits per heavy atom. The Bertz CT molecular complexity index is 736. The van der Waals surface area contributed by atoms with Gasteiger partial charge in [0, 0.05) is 11.9 Å². The second-order valence-electron chi connectivity index (χ2n) is 4.37. The van der Waals surface area contributed by atoms with Crippen LogP contribution in [0, 0.1) is 0 Å². The van der Waals surface area contributed by atoms with Crippen LogP contribution in [0.4, 0.5) is 5.69 Å². The number of imidazole rings is 1. The molecule has 5 nitrogen and oxygen atoms in total. The average Bonchev–Trinajstić information content (AvgIpc) is 3.03. The molecular formula is C15H11ClN4O. The Balaban J connectivity index is 1.73. The van der Waals surface area contributed by atoms with Crippen LogP contribution < -0.4 is 5.32 Å². The second-order valence-corrected chi connectivity index (χ2v) is 4.75. The van der Waals surface area contributed by atoms with Gasteiger partial charge in [0.15, 0.2) is 0 Å². The number of H-pyrrole nitrogens is 1. The molecule has 0 aliphatic heterocycles. The quantitative estimate of drug-likeness (QED) is 0.728. The summed E-state index contributed by atoms with van der Waals surface area (Å²) < 4.78 is 0. The van der Waals surface area contributed by atoms with Gasteiger partial charge in [0.25, 0.3) is 5.91 Å². The van der Waals surface area contributed by atoms with E-state index in [1.165, 1.54) is 6.20 Å². The topological polar surface area (TPSA) is 70.7 Å². The van der Waals surface area contributed by atoms with E-state index in [0.29, 0.717) is 16.4 Å². The number of pyridine rings is 1. The third kappa shape index (κ3) is 3.09. The Morgan fingerprint density at radius 3 is 2.52 bits per heavy atom. The van der Waals surface area contributed by atoms with Crippen molar-refractivity contribution in [3.8, 4) is 11.3 Å². The Kier molecular flexibility index (Phi) is 3.66. The van der Waals surface area contributed by atoms with E-state index in [1.807, 2.05) is 24.3 Å². The number of carbonyl (C=O) groups is 1. The molecule has 104 valence electrons. The van der Waals surface area contributed by atoms with Crippen molar-refractivity contribution in [3.63, 3.8) is 0 Å². The van der Waals surface area contributed by atoms with Gasteiger partial charge >= 0.3 is 0 Å². The van der Waals surface area contributed by atoms with Crippen LogP contribution in [0.1, 0.15) is 10.4 Å². The number of halogens is 1. The van der Waals surface area contributed by atoms with E-state index in [2.05, 4.69) is 20.3 Å². The zero-order chi connectivity index (χ0) is 14.7. The zero-order valence-electron chi connectivity index (χ0n) is 10.9. The van der Waals surface area contributed by atoms with E-state index in [0.717, 1.165) is 11.3 Å². The SMILES string of the molecule is O=C(Nc1ccc(-c2cnc[nH]2)cc1)c1ccc(Cl)nc1. The molecule has 0 aliphatic carbocycles. The third-order valence-electron chi connectivity index (χ3n) is 2.94. The number of benzene rings is 1. The normalized spacial score (nSPS) is 10.3. The Morgan fingerprint density at radius 2 is 1.90 bits per heavy atom. The van der Waals surface area contributed by atoms with E-state index >= 15 is 0 Å². The fraction of sp³-hybridized carbons (Fsp3) is 0. The van der Waals surface area contributed by atoms with Gasteiger partial charge in [-0.1, -0.05) is 23.7 Å². The first kappa shape index (κ1) is 13.3. The van der Waals surface area contributed by atoms with Gasteiger partial charge in [-0.05, 0) is 29.8 Å². The van der Waals surface area contributed by atoms with E-state index < -0.39 is 0 Å². The van der Waals surface area contributed by atoms with E-state index in [-0.39, 0.29) is 5.91 Å². The summed E-state index contributed by atoms with van der Waals surface area (Å²) in [5.41, 5.74) is 3.09. The van der Waals surface area contributed by atoms with Gasteiger partial charge in [-0.25, -0.2) is 9.97 Å². The van der Waals surface area contributed by atoms with E-state index in [4.69, 9.17) is 11.6 Å². The number of aromatic amines is 1. The highest BCUT2D eigenvalue weighted by atomic mass is 35.5. The van der Waals surface area contributed by atoms with Gasteiger partial charge in [-0.3, -0.25) is 4.79 Å². The Labute approximate surface area is 126 Å². The standard InChI is InChI=1S/C15H11ClN4O/c16-14-6-3-11(7-18-14)15(21)20-12-4-1-10(2-5-12)13-8-17-9-19-13/h1-9H,(H,17,19)(H,20,21). The molecule has 0 spiro atoms. The van der Waals surface area contributed by atoms with Crippen molar-refractivity contribution in [3.05, 3.63) is 65.8 Å². The summed E-state index contributed by atoms with van der Waals surface area (Å²) in [5.74, 6) is -0.228. The summed E-state index contributed by atoms with van der Waals surface area (Å²) in [5, 5.41) is 3.16. The molecule has 0 atom stereocenters. The van der Waals surface area contributed by atoms with Gasteiger partial charge in [0.2, 0.25) is 0 Å². The minimum atomic E-state index is -0.228. The van der Waals surface area contributed by atoms with Crippen molar-refractivity contribution in [2.75, 3.05) is 5.32 Å². The molecule has 2 aromatic heterocycles. The summed E-state index contributed by atoms with van der Waals surface area (Å²) in [6, 6.07) is 10.7. The number of hydrogen-bond donors (Lipinski definition) is 2. The van der Waals surface area contributed by atoms with Crippen LogP contribution in [0.2, 0.25) is 5.15 Å². The monoisotopic (exact) mass is 298 g/mol. The minimum Gasteiger partial charge on any atom is -0.345 e. The molecule has 1 aromatic carbocycles. The maximum absolute atomic E-state index is 12.0. The molecule has 0 saturated heterocycles. The molecule has 2 heterocycles. The number of carbonyl (C=O) groups excluding carboxylic acids is 1. The molecule has 0 fully saturated rings. The molecule has 0 bridgehead atoms. The zero-order valence-corrected chi connectivity index (χ0v) is 11.6. The summed E-state index contributed by atoms with van der Waals surface area (Å²) in [6.07, 6.45) is 4.81. The van der Waals surface area contributed by atoms with Gasteiger partial charge in [0.05, 0.1) is 23.8 Å². The largest absolute Gasteiger partial charge is 0.345 e. The number of amides is 1. The fourth-order valence-corrected chi connectivity index (χ4v) is 1.97. The van der Waals surface area contributed by atoms with Crippen molar-refractivity contribution in [1.82, 2.24) is 15.0 Å². The predicted octanol–water partition coefficient (Wildman–Crippen LogP) is 3.38. The smallest absolute Gasteiger partial charge is 0.257 e. The first-order valence-electron chi connectivity index (χ1n) is 6.24. The van der Waals surface area contributed by atoms with Crippen LogP contribution in [-0.4, -0.2) is 20.9 Å². The number of nitrogens with zero attached hydrogens (tertiary/aromatic N) is 2. The van der Waals surface area contributed by atoms with Crippen LogP contribution in [0.5, 0.6) is 0 Å². The van der Waals surface area contributed by atoms with Crippen molar-refractivity contribution in [1.29, 1.82) is 0 Å². The first-order chi connectivity index (χ1) is 10.2. The number of nitrogens with one attached hydrogen (secondary N) is 2. The molecule has 21 heavy (non-hydrogen) atoms. The Hall–Kier alpha value is -2.66. The third-order valence-corrected chi connectivity index (χ3v) is 3.17. The van der Waals surface area contributed by atoms with Crippen LogP contribution in [0.25, 0.3) is 11.3 Å². The molecule has 0 saturated carbocycles. The van der Waals surface area contributed by atoms with Gasteiger partial charge in [-0.2, -0.15) is 0 Å². The number of anilines is 1. The minimum absolute atomic E-state index is 0.228. The molecule has 3 aromatic rings. The maximum Gasteiger partial charge on any atom is 0.257 e. The van der Waals surface area contributed by atoms with E-state index in [1.54, 1.807) is 24.7 Å². The number of hydrogen-bond acceptors (Lipinski definition) is 3. The molecule has 0 aliphatic rings. The van der Waals surface area contributed by atoms with Crippen LogP contribution in [0.15, 0.2) is 55.1 Å². The molecule has 6 heteroatoms. The van der Waals surface area contributed by atoms with Crippen molar-refractivity contribution in [2.24, 2.45) is 0 Å². The molecule has 0 unspecified atom stereocenters. The second kappa shape index (κ2) is 5.76. The molecule has 0 radical (unpaired) electrons. The van der Waals surface area contributed by atoms with Crippen LogP contribution in [0.3, 0.4) is 0 Å². The van der Waals surface area contributed by atoms with Crippen molar-refractivity contribution < 1.29 is 4.79 Å². The van der Waals surface area contributed by atoms with Crippen molar-refractivity contribution in [2.45, 2.75) is 0 Å². The molecule has 3 rings (SSSR count). The lowest BCUT2D eigenvalue weighted by Crippen LogP contribution is -2.11. The molecule has 2 N–H and O–H groups in total. The average molecular weight is 299 g/mol. The predicted molar refractivity (Wildman–Crippen MR) is 81.2 cm³/mol. The molecule has 1 amide bonds. The highest BCUT2D eigenvalue weighted by molar-refractivity contribution is 6.29. The van der Waals surface area contributed by atoms with E-state index in [9.17, 15) is 4.79 Å². The summed E-state index contributed by atoms with van der Waals surface area (Å²) >= 11 is 5.69. The summed E-state index contributed by atoms with van der Waals surface area (Å²) in [4.78, 5) is 22.9. The first-order valence-corrected chi connectivity index (χ1v) is 6.62. The lowest BCUT2D eigenvalue weighted by molar-refractivity contribution is 0.102. The number of aromatic nitrogens is 3. The maximum atomic E-state index is 12.0. The number of rotatable bonds is 3. The van der Waals surface area contributed by atoms with Gasteiger partial charge in [0.1, 0.15) is 5.15 Å². The summed E-state index contributed by atoms with van der Waals surface area (Å²) in [6.45, 7) is 0. The fourth-order valence-electron chi connectivity index (χ4n) is 1.86. The van der Waals surface area contributed by atoms with Crippen molar-refractivity contribution >= 4 is 23.2 Å². The highest BCUT2D eigenvalue weighted by Crippen LogP contribution is 2.19. The summed E-state index contributed by atoms with van der Waals surface area (Å²) in [7, 11) is 0. The lowest BCUT2D eigenvalue weighted by Gasteiger charge is -2.06. The van der Waals surface area contributed by atoms with Crippen LogP contribution in [-0.2, 0) is 0 Å². The van der Waals surface area contributed by atoms with Crippen LogP contribution >= 0.6 is 11.6 Å². The molecular weight excluding hydrogens is 288 g/mol. The lowest BCUT2D eigenvalue weighted by atomic mass is 10.1. The van der Waals surface area contributed by atoms with Gasteiger partial charge in [-0.15, -0.1) is 0 Å². The van der Waals surface area contributed by atoms with Gasteiger partial charge < -0.3 is 10.3 Å².